The molecule has 1 aliphatic rings. The second-order valence-electron chi connectivity index (χ2n) is 4.62. The molecule has 98 valence electrons. The van der Waals surface area contributed by atoms with Crippen LogP contribution in [0.25, 0.3) is 0 Å². The summed E-state index contributed by atoms with van der Waals surface area (Å²) in [5.41, 5.74) is 7.80. The Hall–Kier alpha value is -2.01. The van der Waals surface area contributed by atoms with E-state index in [0.29, 0.717) is 24.3 Å². The van der Waals surface area contributed by atoms with Crippen LogP contribution in [0.5, 0.6) is 5.75 Å². The number of rotatable bonds is 1. The molecule has 1 aliphatic heterocycles. The van der Waals surface area contributed by atoms with Crippen molar-refractivity contribution in [1.82, 2.24) is 4.90 Å². The highest BCUT2D eigenvalue weighted by molar-refractivity contribution is 7.10. The number of benzene rings is 1. The van der Waals surface area contributed by atoms with Gasteiger partial charge in [-0.25, -0.2) is 0 Å². The Balaban J connectivity index is 1.87. The molecule has 3 rings (SSSR count). The van der Waals surface area contributed by atoms with Crippen LogP contribution in [-0.4, -0.2) is 22.5 Å². The molecule has 0 aliphatic carbocycles. The standard InChI is InChI=1S/C14H14N2O2S/c15-12-2-1-10(17)7-11(12)14(18)16-5-3-13-9(8-16)4-6-19-13/h1-2,4,6-7,17H,3,5,8,15H2. The number of anilines is 1. The number of hydrogen-bond acceptors (Lipinski definition) is 4. The molecule has 0 fully saturated rings. The zero-order chi connectivity index (χ0) is 13.4. The molecule has 0 radical (unpaired) electrons. The number of fused-ring (bicyclic) bond motifs is 1. The van der Waals surface area contributed by atoms with Crippen molar-refractivity contribution in [1.29, 1.82) is 0 Å². The fraction of sp³-hybridized carbons (Fsp3) is 0.214. The van der Waals surface area contributed by atoms with E-state index in [1.54, 1.807) is 22.3 Å². The van der Waals surface area contributed by atoms with Gasteiger partial charge in [0.2, 0.25) is 0 Å². The molecule has 5 heteroatoms. The number of carbonyl (C=O) groups is 1. The largest absolute Gasteiger partial charge is 0.508 e. The third-order valence-corrected chi connectivity index (χ3v) is 4.39. The first kappa shape index (κ1) is 12.0. The van der Waals surface area contributed by atoms with Crippen LogP contribution in [0.15, 0.2) is 29.6 Å². The van der Waals surface area contributed by atoms with Gasteiger partial charge < -0.3 is 15.7 Å². The number of thiophene rings is 1. The Labute approximate surface area is 115 Å². The van der Waals surface area contributed by atoms with Crippen molar-refractivity contribution in [2.24, 2.45) is 0 Å². The number of amides is 1. The molecule has 0 saturated heterocycles. The number of nitrogens with zero attached hydrogens (tertiary/aromatic N) is 1. The van der Waals surface area contributed by atoms with Gasteiger partial charge in [0.25, 0.3) is 5.91 Å². The Morgan fingerprint density at radius 1 is 1.37 bits per heavy atom. The van der Waals surface area contributed by atoms with Gasteiger partial charge in [-0.15, -0.1) is 11.3 Å². The van der Waals surface area contributed by atoms with E-state index in [1.165, 1.54) is 22.6 Å². The van der Waals surface area contributed by atoms with Crippen molar-refractivity contribution in [3.8, 4) is 5.75 Å². The molecule has 0 atom stereocenters. The predicted octanol–water partition coefficient (Wildman–Crippen LogP) is 2.23. The lowest BCUT2D eigenvalue weighted by Crippen LogP contribution is -2.35. The van der Waals surface area contributed by atoms with Gasteiger partial charge in [-0.2, -0.15) is 0 Å². The first-order valence-electron chi connectivity index (χ1n) is 6.08. The lowest BCUT2D eigenvalue weighted by molar-refractivity contribution is 0.0736. The minimum Gasteiger partial charge on any atom is -0.508 e. The average molecular weight is 274 g/mol. The van der Waals surface area contributed by atoms with E-state index in [2.05, 4.69) is 11.4 Å². The molecule has 2 heterocycles. The van der Waals surface area contributed by atoms with Crippen LogP contribution >= 0.6 is 11.3 Å². The van der Waals surface area contributed by atoms with Gasteiger partial charge >= 0.3 is 0 Å². The summed E-state index contributed by atoms with van der Waals surface area (Å²) in [5.74, 6) is -0.0592. The highest BCUT2D eigenvalue weighted by Crippen LogP contribution is 2.27. The van der Waals surface area contributed by atoms with Crippen molar-refractivity contribution in [2.75, 3.05) is 12.3 Å². The van der Waals surface area contributed by atoms with Crippen LogP contribution in [0.4, 0.5) is 5.69 Å². The van der Waals surface area contributed by atoms with Crippen LogP contribution in [0.3, 0.4) is 0 Å². The second-order valence-corrected chi connectivity index (χ2v) is 5.62. The third kappa shape index (κ3) is 2.17. The van der Waals surface area contributed by atoms with Gasteiger partial charge in [0, 0.05) is 23.7 Å². The number of phenols is 1. The van der Waals surface area contributed by atoms with E-state index in [1.807, 2.05) is 0 Å². The van der Waals surface area contributed by atoms with E-state index < -0.39 is 0 Å². The van der Waals surface area contributed by atoms with Crippen molar-refractivity contribution < 1.29 is 9.90 Å². The zero-order valence-corrected chi connectivity index (χ0v) is 11.1. The molecule has 1 amide bonds. The van der Waals surface area contributed by atoms with Gasteiger partial charge in [0.1, 0.15) is 5.75 Å². The van der Waals surface area contributed by atoms with E-state index in [-0.39, 0.29) is 11.7 Å². The Morgan fingerprint density at radius 3 is 3.05 bits per heavy atom. The molecule has 2 aromatic rings. The molecule has 4 nitrogen and oxygen atoms in total. The molecule has 1 aromatic carbocycles. The SMILES string of the molecule is Nc1ccc(O)cc1C(=O)N1CCc2sccc2C1. The smallest absolute Gasteiger partial charge is 0.256 e. The highest BCUT2D eigenvalue weighted by Gasteiger charge is 2.23. The van der Waals surface area contributed by atoms with Crippen molar-refractivity contribution in [3.05, 3.63) is 45.6 Å². The maximum absolute atomic E-state index is 12.4. The number of aromatic hydroxyl groups is 1. The molecule has 0 saturated carbocycles. The van der Waals surface area contributed by atoms with Crippen LogP contribution in [0, 0.1) is 0 Å². The lowest BCUT2D eigenvalue weighted by Gasteiger charge is -2.27. The fourth-order valence-corrected chi connectivity index (χ4v) is 3.21. The van der Waals surface area contributed by atoms with Crippen molar-refractivity contribution >= 4 is 22.9 Å². The van der Waals surface area contributed by atoms with Crippen molar-refractivity contribution in [3.63, 3.8) is 0 Å². The summed E-state index contributed by atoms with van der Waals surface area (Å²) in [7, 11) is 0. The summed E-state index contributed by atoms with van der Waals surface area (Å²) < 4.78 is 0. The maximum Gasteiger partial charge on any atom is 0.256 e. The molecule has 1 aromatic heterocycles. The van der Waals surface area contributed by atoms with Gasteiger partial charge in [-0.05, 0) is 41.6 Å². The summed E-state index contributed by atoms with van der Waals surface area (Å²) in [4.78, 5) is 15.6. The molecule has 0 spiro atoms. The number of carbonyl (C=O) groups excluding carboxylic acids is 1. The lowest BCUT2D eigenvalue weighted by atomic mass is 10.1. The molecule has 0 unspecified atom stereocenters. The van der Waals surface area contributed by atoms with Gasteiger partial charge in [0.05, 0.1) is 5.56 Å². The number of nitrogens with two attached hydrogens (primary N) is 1. The first-order valence-corrected chi connectivity index (χ1v) is 6.96. The Kier molecular flexibility index (Phi) is 2.91. The number of phenolic OH excluding ortho intramolecular Hbond substituents is 1. The van der Waals surface area contributed by atoms with Crippen LogP contribution in [-0.2, 0) is 13.0 Å². The Bertz CT molecular complexity index is 636. The minimum absolute atomic E-state index is 0.0609. The Morgan fingerprint density at radius 2 is 2.21 bits per heavy atom. The van der Waals surface area contributed by atoms with Gasteiger partial charge in [-0.1, -0.05) is 0 Å². The average Bonchev–Trinajstić information content (AvgIpc) is 2.88. The summed E-state index contributed by atoms with van der Waals surface area (Å²) in [6.07, 6.45) is 0.886. The van der Waals surface area contributed by atoms with Gasteiger partial charge in [0.15, 0.2) is 0 Å². The van der Waals surface area contributed by atoms with Crippen LogP contribution in [0.2, 0.25) is 0 Å². The summed E-state index contributed by atoms with van der Waals surface area (Å²) in [6, 6.07) is 6.54. The zero-order valence-electron chi connectivity index (χ0n) is 10.3. The molecular formula is C14H14N2O2S. The first-order chi connectivity index (χ1) is 9.15. The monoisotopic (exact) mass is 274 g/mol. The maximum atomic E-state index is 12.4. The predicted molar refractivity (Wildman–Crippen MR) is 75.3 cm³/mol. The van der Waals surface area contributed by atoms with E-state index >= 15 is 0 Å². The van der Waals surface area contributed by atoms with E-state index in [9.17, 15) is 9.90 Å². The highest BCUT2D eigenvalue weighted by atomic mass is 32.1. The molecule has 19 heavy (non-hydrogen) atoms. The normalized spacial score (nSPS) is 14.2. The van der Waals surface area contributed by atoms with Gasteiger partial charge in [-0.3, -0.25) is 4.79 Å². The molecular weight excluding hydrogens is 260 g/mol. The summed E-state index contributed by atoms with van der Waals surface area (Å²) in [5, 5.41) is 11.5. The quantitative estimate of drug-likeness (QED) is 0.619. The van der Waals surface area contributed by atoms with E-state index in [0.717, 1.165) is 6.42 Å². The van der Waals surface area contributed by atoms with Crippen LogP contribution in [0.1, 0.15) is 20.8 Å². The molecule has 0 bridgehead atoms. The minimum atomic E-state index is -0.120. The summed E-state index contributed by atoms with van der Waals surface area (Å²) in [6.45, 7) is 1.31. The number of nitrogen functional groups attached to an aromatic ring is 1. The number of hydrogen-bond donors (Lipinski definition) is 2. The third-order valence-electron chi connectivity index (χ3n) is 3.36. The van der Waals surface area contributed by atoms with Crippen molar-refractivity contribution in [2.45, 2.75) is 13.0 Å². The fourth-order valence-electron chi connectivity index (χ4n) is 2.32. The van der Waals surface area contributed by atoms with Crippen LogP contribution < -0.4 is 5.73 Å². The summed E-state index contributed by atoms with van der Waals surface area (Å²) >= 11 is 1.74. The molecule has 3 N–H and O–H groups in total. The van der Waals surface area contributed by atoms with E-state index in [4.69, 9.17) is 5.73 Å². The topological polar surface area (TPSA) is 66.6 Å². The second kappa shape index (κ2) is 4.59.